The summed E-state index contributed by atoms with van der Waals surface area (Å²) >= 11 is 0. The van der Waals surface area contributed by atoms with Crippen molar-refractivity contribution in [2.75, 3.05) is 0 Å². The minimum absolute atomic E-state index is 0.283. The molecule has 2 rings (SSSR count). The normalized spacial score (nSPS) is 12.4. The summed E-state index contributed by atoms with van der Waals surface area (Å²) in [6.45, 7) is 6.63. The van der Waals surface area contributed by atoms with Gasteiger partial charge in [0.2, 0.25) is 12.6 Å². The summed E-state index contributed by atoms with van der Waals surface area (Å²) in [4.78, 5) is 54.4. The number of benzene rings is 2. The molecule has 0 bridgehead atoms. The molecule has 0 fully saturated rings. The van der Waals surface area contributed by atoms with Gasteiger partial charge < -0.3 is 9.47 Å². The van der Waals surface area contributed by atoms with Crippen LogP contribution >= 0.6 is 0 Å². The first-order valence-corrected chi connectivity index (χ1v) is 10.1. The highest BCUT2D eigenvalue weighted by molar-refractivity contribution is 5.89. The Labute approximate surface area is 186 Å². The van der Waals surface area contributed by atoms with Gasteiger partial charge in [-0.15, -0.1) is 9.78 Å². The van der Waals surface area contributed by atoms with Crippen LogP contribution in [0.25, 0.3) is 0 Å². The predicted octanol–water partition coefficient (Wildman–Crippen LogP) is 4.53. The fourth-order valence-electron chi connectivity index (χ4n) is 2.41. The lowest BCUT2D eigenvalue weighted by molar-refractivity contribution is -0.340. The minimum Gasteiger partial charge on any atom is -0.401 e. The van der Waals surface area contributed by atoms with Crippen LogP contribution in [-0.4, -0.2) is 30.7 Å². The Morgan fingerprint density at radius 1 is 0.656 bits per heavy atom. The van der Waals surface area contributed by atoms with E-state index in [0.717, 1.165) is 24.0 Å². The summed E-state index contributed by atoms with van der Waals surface area (Å²) in [5.41, 5.74) is 2.70. The summed E-state index contributed by atoms with van der Waals surface area (Å²) in [5, 5.41) is 0. The van der Waals surface area contributed by atoms with Gasteiger partial charge in [0.05, 0.1) is 11.1 Å². The largest absolute Gasteiger partial charge is 0.513 e. The van der Waals surface area contributed by atoms with Crippen LogP contribution < -0.4 is 0 Å². The van der Waals surface area contributed by atoms with E-state index in [2.05, 4.69) is 9.78 Å². The highest BCUT2D eigenvalue weighted by atomic mass is 17.2. The number of carbonyl (C=O) groups excluding carboxylic acids is 3. The Kier molecular flexibility index (Phi) is 9.65. The molecule has 0 radical (unpaired) electrons. The van der Waals surface area contributed by atoms with Gasteiger partial charge in [-0.2, -0.15) is 0 Å². The van der Waals surface area contributed by atoms with E-state index in [4.69, 9.17) is 19.2 Å². The van der Waals surface area contributed by atoms with Gasteiger partial charge >= 0.3 is 18.1 Å². The van der Waals surface area contributed by atoms with Gasteiger partial charge in [-0.25, -0.2) is 14.4 Å². The van der Waals surface area contributed by atoms with Crippen LogP contribution in [0.5, 0.6) is 0 Å². The van der Waals surface area contributed by atoms with E-state index in [-0.39, 0.29) is 11.1 Å². The Bertz CT molecular complexity index is 817. The number of carbonyl (C=O) groups is 3. The molecule has 0 saturated carbocycles. The number of hydrogen-bond acceptors (Lipinski definition) is 9. The van der Waals surface area contributed by atoms with Crippen LogP contribution in [0.3, 0.4) is 0 Å². The Morgan fingerprint density at radius 3 is 1.31 bits per heavy atom. The van der Waals surface area contributed by atoms with E-state index in [9.17, 15) is 14.4 Å². The summed E-state index contributed by atoms with van der Waals surface area (Å²) in [5.74, 6) is -1.49. The van der Waals surface area contributed by atoms with Gasteiger partial charge in [0.1, 0.15) is 0 Å². The van der Waals surface area contributed by atoms with Crippen molar-refractivity contribution in [2.45, 2.75) is 53.1 Å². The molecule has 0 N–H and O–H groups in total. The molecule has 172 valence electrons. The lowest BCUT2D eigenvalue weighted by atomic mass is 10.1. The van der Waals surface area contributed by atoms with E-state index >= 15 is 0 Å². The van der Waals surface area contributed by atoms with Crippen molar-refractivity contribution in [3.8, 4) is 0 Å². The molecule has 0 aromatic heterocycles. The lowest BCUT2D eigenvalue weighted by Crippen LogP contribution is -2.25. The molecule has 9 heteroatoms. The molecule has 0 heterocycles. The maximum absolute atomic E-state index is 11.9. The molecule has 0 aliphatic rings. The molecule has 0 spiro atoms. The van der Waals surface area contributed by atoms with Crippen LogP contribution in [0.2, 0.25) is 0 Å². The van der Waals surface area contributed by atoms with Crippen molar-refractivity contribution < 1.29 is 43.4 Å². The van der Waals surface area contributed by atoms with Crippen LogP contribution in [0.4, 0.5) is 4.79 Å². The van der Waals surface area contributed by atoms with Crippen LogP contribution in [0, 0.1) is 0 Å². The smallest absolute Gasteiger partial charge is 0.401 e. The van der Waals surface area contributed by atoms with Crippen molar-refractivity contribution in [3.05, 3.63) is 70.8 Å². The fraction of sp³-hybridized carbons (Fsp3) is 0.348. The Hall–Kier alpha value is -3.43. The molecule has 32 heavy (non-hydrogen) atoms. The third kappa shape index (κ3) is 8.01. The molecular formula is C23H26O9. The van der Waals surface area contributed by atoms with Crippen molar-refractivity contribution in [1.29, 1.82) is 0 Å². The van der Waals surface area contributed by atoms with Crippen molar-refractivity contribution in [2.24, 2.45) is 0 Å². The van der Waals surface area contributed by atoms with Gasteiger partial charge in [0.15, 0.2) is 0 Å². The van der Waals surface area contributed by atoms with E-state index in [1.807, 2.05) is 13.8 Å². The van der Waals surface area contributed by atoms with Crippen LogP contribution in [0.15, 0.2) is 48.5 Å². The Balaban J connectivity index is 1.68. The SMILES string of the molecule is CCc1ccc(C(=O)OOC(C)OC(=O)OC(C)OOC(=O)c2ccc(CC)cc2)cc1. The zero-order chi connectivity index (χ0) is 23.5. The summed E-state index contributed by atoms with van der Waals surface area (Å²) in [6, 6.07) is 13.6. The van der Waals surface area contributed by atoms with Gasteiger partial charge in [-0.1, -0.05) is 38.1 Å². The topological polar surface area (TPSA) is 107 Å². The molecule has 0 aliphatic heterocycles. The lowest BCUT2D eigenvalue weighted by Gasteiger charge is -2.15. The molecule has 0 aliphatic carbocycles. The van der Waals surface area contributed by atoms with Crippen LogP contribution in [-0.2, 0) is 41.9 Å². The zero-order valence-corrected chi connectivity index (χ0v) is 18.4. The molecule has 0 saturated heterocycles. The highest BCUT2D eigenvalue weighted by Gasteiger charge is 2.20. The standard InChI is InChI=1S/C23H26O9/c1-5-17-7-11-19(12-8-17)21(24)31-29-15(3)27-23(26)28-16(4)30-32-22(25)20-13-9-18(6-2)10-14-20/h7-16H,5-6H2,1-4H3. The molecule has 2 unspecified atom stereocenters. The molecule has 2 atom stereocenters. The fourth-order valence-corrected chi connectivity index (χ4v) is 2.41. The van der Waals surface area contributed by atoms with Crippen LogP contribution in [0.1, 0.15) is 59.5 Å². The zero-order valence-electron chi connectivity index (χ0n) is 18.4. The third-order valence-electron chi connectivity index (χ3n) is 4.24. The second-order valence-corrected chi connectivity index (χ2v) is 6.66. The second-order valence-electron chi connectivity index (χ2n) is 6.66. The van der Waals surface area contributed by atoms with Gasteiger partial charge in [0, 0.05) is 13.8 Å². The first kappa shape index (κ1) is 24.8. The average molecular weight is 446 g/mol. The average Bonchev–Trinajstić information content (AvgIpc) is 2.81. The van der Waals surface area contributed by atoms with Crippen molar-refractivity contribution in [3.63, 3.8) is 0 Å². The first-order valence-electron chi connectivity index (χ1n) is 10.1. The number of rotatable bonds is 10. The van der Waals surface area contributed by atoms with Gasteiger partial charge in [-0.05, 0) is 48.2 Å². The third-order valence-corrected chi connectivity index (χ3v) is 4.24. The first-order chi connectivity index (χ1) is 15.3. The number of hydrogen-bond donors (Lipinski definition) is 0. The maximum Gasteiger partial charge on any atom is 0.513 e. The quantitative estimate of drug-likeness (QED) is 0.225. The highest BCUT2D eigenvalue weighted by Crippen LogP contribution is 2.10. The predicted molar refractivity (Wildman–Crippen MR) is 111 cm³/mol. The number of ether oxygens (including phenoxy) is 2. The Morgan fingerprint density at radius 2 is 1.00 bits per heavy atom. The van der Waals surface area contributed by atoms with E-state index in [1.54, 1.807) is 48.5 Å². The van der Waals surface area contributed by atoms with Gasteiger partial charge in [-0.3, -0.25) is 9.78 Å². The van der Waals surface area contributed by atoms with Crippen molar-refractivity contribution in [1.82, 2.24) is 0 Å². The number of aryl methyl sites for hydroxylation is 2. The molecule has 9 nitrogen and oxygen atoms in total. The molecular weight excluding hydrogens is 420 g/mol. The van der Waals surface area contributed by atoms with E-state index in [1.165, 1.54) is 13.8 Å². The summed E-state index contributed by atoms with van der Waals surface area (Å²) < 4.78 is 9.56. The van der Waals surface area contributed by atoms with Crippen molar-refractivity contribution >= 4 is 18.1 Å². The molecule has 2 aromatic rings. The van der Waals surface area contributed by atoms with Gasteiger partial charge in [0.25, 0.3) is 0 Å². The monoisotopic (exact) mass is 446 g/mol. The summed E-state index contributed by atoms with van der Waals surface area (Å²) in [6.07, 6.45) is -2.02. The van der Waals surface area contributed by atoms with E-state index in [0.29, 0.717) is 0 Å². The maximum atomic E-state index is 11.9. The minimum atomic E-state index is -1.26. The van der Waals surface area contributed by atoms with E-state index < -0.39 is 30.7 Å². The summed E-state index contributed by atoms with van der Waals surface area (Å²) in [7, 11) is 0. The molecule has 2 aromatic carbocycles. The molecule has 0 amide bonds. The second kappa shape index (κ2) is 12.4.